The maximum Gasteiger partial charge on any atom is 0.158 e. The number of aryl methyl sites for hydroxylation is 1. The highest BCUT2D eigenvalue weighted by Crippen LogP contribution is 2.59. The summed E-state index contributed by atoms with van der Waals surface area (Å²) < 4.78 is 5.49. The minimum Gasteiger partial charge on any atom is -0.469 e. The van der Waals surface area contributed by atoms with E-state index in [9.17, 15) is 4.79 Å². The van der Waals surface area contributed by atoms with Crippen molar-refractivity contribution in [2.75, 3.05) is 0 Å². The monoisotopic (exact) mass is 300 g/mol. The maximum atomic E-state index is 12.6. The van der Waals surface area contributed by atoms with E-state index in [1.165, 1.54) is 24.8 Å². The predicted octanol–water partition coefficient (Wildman–Crippen LogP) is 5.33. The summed E-state index contributed by atoms with van der Waals surface area (Å²) >= 11 is 0. The van der Waals surface area contributed by atoms with Gasteiger partial charge in [0.1, 0.15) is 5.76 Å². The summed E-state index contributed by atoms with van der Waals surface area (Å²) in [6, 6.07) is 3.97. The van der Waals surface area contributed by atoms with Crippen LogP contribution < -0.4 is 0 Å². The number of Topliss-reactive ketones (excluding diaryl/α,β-unsaturated/α-hetero) is 1. The zero-order valence-corrected chi connectivity index (χ0v) is 14.4. The first-order valence-corrected chi connectivity index (χ1v) is 8.60. The van der Waals surface area contributed by atoms with Crippen LogP contribution >= 0.6 is 0 Å². The number of carbonyl (C=O) groups excluding carboxylic acids is 1. The third-order valence-electron chi connectivity index (χ3n) is 6.38. The molecule has 2 heteroatoms. The zero-order valence-electron chi connectivity index (χ0n) is 14.4. The summed E-state index contributed by atoms with van der Waals surface area (Å²) in [5, 5.41) is 0. The third-order valence-corrected chi connectivity index (χ3v) is 6.38. The van der Waals surface area contributed by atoms with E-state index in [4.69, 9.17) is 4.42 Å². The van der Waals surface area contributed by atoms with Gasteiger partial charge in [-0.3, -0.25) is 4.79 Å². The molecule has 0 N–H and O–H groups in total. The van der Waals surface area contributed by atoms with Crippen LogP contribution in [0.1, 0.15) is 65.6 Å². The van der Waals surface area contributed by atoms with Crippen LogP contribution in [-0.2, 0) is 11.2 Å². The van der Waals surface area contributed by atoms with Crippen LogP contribution in [0.3, 0.4) is 0 Å². The van der Waals surface area contributed by atoms with Gasteiger partial charge in [0.15, 0.2) is 5.78 Å². The molecule has 2 aliphatic rings. The number of allylic oxidation sites excluding steroid dienone is 2. The predicted molar refractivity (Wildman–Crippen MR) is 88.6 cm³/mol. The highest BCUT2D eigenvalue weighted by molar-refractivity contribution is 5.97. The summed E-state index contributed by atoms with van der Waals surface area (Å²) in [4.78, 5) is 12.6. The molecule has 0 aliphatic heterocycles. The molecule has 1 heterocycles. The van der Waals surface area contributed by atoms with E-state index in [1.807, 2.05) is 19.1 Å². The normalized spacial score (nSPS) is 31.3. The quantitative estimate of drug-likeness (QED) is 0.754. The fourth-order valence-electron chi connectivity index (χ4n) is 5.10. The molecule has 2 nitrogen and oxygen atoms in total. The lowest BCUT2D eigenvalue weighted by Crippen LogP contribution is -2.47. The van der Waals surface area contributed by atoms with Crippen LogP contribution in [0.4, 0.5) is 0 Å². The van der Waals surface area contributed by atoms with E-state index in [0.29, 0.717) is 11.7 Å². The summed E-state index contributed by atoms with van der Waals surface area (Å²) in [6.45, 7) is 9.16. The van der Waals surface area contributed by atoms with Gasteiger partial charge in [-0.05, 0) is 60.6 Å². The Kier molecular flexibility index (Phi) is 3.82. The molecule has 2 atom stereocenters. The molecule has 0 saturated heterocycles. The number of ketones is 1. The van der Waals surface area contributed by atoms with Gasteiger partial charge in [-0.25, -0.2) is 0 Å². The van der Waals surface area contributed by atoms with Gasteiger partial charge in [-0.15, -0.1) is 0 Å². The highest BCUT2D eigenvalue weighted by Gasteiger charge is 2.51. The Balaban J connectivity index is 1.93. The summed E-state index contributed by atoms with van der Waals surface area (Å²) in [7, 11) is 0. The van der Waals surface area contributed by atoms with Crippen molar-refractivity contribution in [3.63, 3.8) is 0 Å². The van der Waals surface area contributed by atoms with Crippen LogP contribution in [0, 0.1) is 16.7 Å². The van der Waals surface area contributed by atoms with Crippen LogP contribution in [0.15, 0.2) is 34.0 Å². The van der Waals surface area contributed by atoms with Crippen LogP contribution in [0.25, 0.3) is 0 Å². The number of carbonyl (C=O) groups is 1. The van der Waals surface area contributed by atoms with Crippen molar-refractivity contribution in [3.05, 3.63) is 35.3 Å². The van der Waals surface area contributed by atoms with Crippen molar-refractivity contribution in [3.8, 4) is 0 Å². The Hall–Kier alpha value is -1.31. The Labute approximate surface area is 134 Å². The van der Waals surface area contributed by atoms with E-state index < -0.39 is 0 Å². The van der Waals surface area contributed by atoms with Crippen molar-refractivity contribution in [1.29, 1.82) is 0 Å². The fraction of sp³-hybridized carbons (Fsp3) is 0.650. The second kappa shape index (κ2) is 5.40. The standard InChI is InChI=1S/C20H28O2/c1-14-16(9-8-15-7-5-12-22-15)20(4)11-6-10-19(2,3)18(20)13-17(14)21/h5,7,12,18H,6,8-11,13H2,1-4H3/t18-,20+/m0/s1. The van der Waals surface area contributed by atoms with Crippen LogP contribution in [0.2, 0.25) is 0 Å². The first-order chi connectivity index (χ1) is 10.3. The molecule has 0 spiro atoms. The lowest BCUT2D eigenvalue weighted by atomic mass is 9.49. The van der Waals surface area contributed by atoms with E-state index in [2.05, 4.69) is 20.8 Å². The molecular formula is C20H28O2. The first kappa shape index (κ1) is 15.6. The molecule has 0 amide bonds. The summed E-state index contributed by atoms with van der Waals surface area (Å²) in [5.41, 5.74) is 2.88. The molecule has 0 unspecified atom stereocenters. The molecule has 1 fully saturated rings. The number of fused-ring (bicyclic) bond motifs is 1. The van der Waals surface area contributed by atoms with Gasteiger partial charge in [-0.2, -0.15) is 0 Å². The first-order valence-electron chi connectivity index (χ1n) is 8.60. The highest BCUT2D eigenvalue weighted by atomic mass is 16.3. The van der Waals surface area contributed by atoms with Gasteiger partial charge in [0.2, 0.25) is 0 Å². The van der Waals surface area contributed by atoms with E-state index in [-0.39, 0.29) is 10.8 Å². The Morgan fingerprint density at radius 2 is 2.00 bits per heavy atom. The second-order valence-corrected chi connectivity index (χ2v) is 8.12. The van der Waals surface area contributed by atoms with Gasteiger partial charge in [0.05, 0.1) is 6.26 Å². The minimum atomic E-state index is 0.187. The molecule has 0 radical (unpaired) electrons. The molecule has 2 aliphatic carbocycles. The molecule has 0 bridgehead atoms. The van der Waals surface area contributed by atoms with E-state index >= 15 is 0 Å². The van der Waals surface area contributed by atoms with Crippen LogP contribution in [0.5, 0.6) is 0 Å². The molecular weight excluding hydrogens is 272 g/mol. The Bertz CT molecular complexity index is 591. The topological polar surface area (TPSA) is 30.2 Å². The number of furan rings is 1. The lowest BCUT2D eigenvalue weighted by molar-refractivity contribution is -0.122. The largest absolute Gasteiger partial charge is 0.469 e. The lowest BCUT2D eigenvalue weighted by Gasteiger charge is -2.54. The SMILES string of the molecule is CC1=C(CCc2ccco2)[C@@]2(C)CCCC(C)(C)[C@@H]2CC1=O. The summed E-state index contributed by atoms with van der Waals surface area (Å²) in [6.07, 6.45) is 8.05. The van der Waals surface area contributed by atoms with Crippen molar-refractivity contribution < 1.29 is 9.21 Å². The maximum absolute atomic E-state index is 12.6. The van der Waals surface area contributed by atoms with Gasteiger partial charge < -0.3 is 4.42 Å². The second-order valence-electron chi connectivity index (χ2n) is 8.12. The van der Waals surface area contributed by atoms with Crippen molar-refractivity contribution in [2.24, 2.45) is 16.7 Å². The summed E-state index contributed by atoms with van der Waals surface area (Å²) in [5.74, 6) is 1.87. The van der Waals surface area contributed by atoms with Gasteiger partial charge >= 0.3 is 0 Å². The Morgan fingerprint density at radius 1 is 1.23 bits per heavy atom. The average molecular weight is 300 g/mol. The van der Waals surface area contributed by atoms with Crippen molar-refractivity contribution in [1.82, 2.24) is 0 Å². The molecule has 1 aromatic heterocycles. The molecule has 3 rings (SSSR count). The fourth-order valence-corrected chi connectivity index (χ4v) is 5.10. The smallest absolute Gasteiger partial charge is 0.158 e. The number of hydrogen-bond acceptors (Lipinski definition) is 2. The van der Waals surface area contributed by atoms with Gasteiger partial charge in [0, 0.05) is 12.8 Å². The molecule has 0 aromatic carbocycles. The van der Waals surface area contributed by atoms with Gasteiger partial charge in [-0.1, -0.05) is 32.8 Å². The zero-order chi connectivity index (χ0) is 16.0. The van der Waals surface area contributed by atoms with Crippen LogP contribution in [-0.4, -0.2) is 5.78 Å². The van der Waals surface area contributed by atoms with Crippen molar-refractivity contribution >= 4 is 5.78 Å². The minimum absolute atomic E-state index is 0.187. The molecule has 22 heavy (non-hydrogen) atoms. The number of rotatable bonds is 3. The third kappa shape index (κ3) is 2.47. The van der Waals surface area contributed by atoms with Gasteiger partial charge in [0.25, 0.3) is 0 Å². The molecule has 1 aromatic rings. The van der Waals surface area contributed by atoms with Crippen molar-refractivity contribution in [2.45, 2.75) is 66.2 Å². The Morgan fingerprint density at radius 3 is 2.68 bits per heavy atom. The number of hydrogen-bond donors (Lipinski definition) is 0. The molecule has 120 valence electrons. The van der Waals surface area contributed by atoms with E-state index in [1.54, 1.807) is 6.26 Å². The van der Waals surface area contributed by atoms with E-state index in [0.717, 1.165) is 30.6 Å². The molecule has 1 saturated carbocycles. The average Bonchev–Trinajstić information content (AvgIpc) is 2.94.